The van der Waals surface area contributed by atoms with Gasteiger partial charge in [-0.2, -0.15) is 0 Å². The third-order valence-corrected chi connectivity index (χ3v) is 3.84. The van der Waals surface area contributed by atoms with Crippen molar-refractivity contribution in [3.8, 4) is 0 Å². The van der Waals surface area contributed by atoms with Crippen LogP contribution < -0.4 is 0 Å². The minimum atomic E-state index is -0.660. The van der Waals surface area contributed by atoms with E-state index in [0.717, 1.165) is 0 Å². The highest BCUT2D eigenvalue weighted by molar-refractivity contribution is 5.14. The van der Waals surface area contributed by atoms with Crippen LogP contribution in [0.4, 0.5) is 0 Å². The van der Waals surface area contributed by atoms with E-state index in [4.69, 9.17) is 14.2 Å². The van der Waals surface area contributed by atoms with Gasteiger partial charge in [0.2, 0.25) is 0 Å². The van der Waals surface area contributed by atoms with Crippen LogP contribution in [0.15, 0.2) is 12.7 Å². The van der Waals surface area contributed by atoms with E-state index in [1.807, 2.05) is 40.7 Å². The second kappa shape index (κ2) is 4.55. The molecular weight excluding hydrogens is 244 g/mol. The second-order valence-corrected chi connectivity index (χ2v) is 7.13. The van der Waals surface area contributed by atoms with Crippen LogP contribution in [-0.2, 0) is 14.2 Å². The lowest BCUT2D eigenvalue weighted by molar-refractivity contribution is -0.178. The molecule has 0 aromatic rings. The number of ether oxygens (including phenoxy) is 3. The molecule has 0 spiro atoms. The predicted molar refractivity (Wildman–Crippen MR) is 72.8 cm³/mol. The van der Waals surface area contributed by atoms with Gasteiger partial charge in [-0.15, -0.1) is 6.58 Å². The zero-order valence-corrected chi connectivity index (χ0v) is 12.6. The minimum absolute atomic E-state index is 0.197. The molecule has 1 saturated carbocycles. The van der Waals surface area contributed by atoms with E-state index in [0.29, 0.717) is 13.0 Å². The van der Waals surface area contributed by atoms with Gasteiger partial charge in [-0.25, -0.2) is 0 Å². The molecule has 1 aliphatic carbocycles. The van der Waals surface area contributed by atoms with Gasteiger partial charge in [0.05, 0.1) is 18.3 Å². The third kappa shape index (κ3) is 2.87. The van der Waals surface area contributed by atoms with Crippen LogP contribution in [0.2, 0.25) is 0 Å². The Labute approximate surface area is 115 Å². The molecule has 0 bridgehead atoms. The normalized spacial score (nSPS) is 41.3. The number of hydrogen-bond donors (Lipinski definition) is 1. The van der Waals surface area contributed by atoms with Gasteiger partial charge in [-0.05, 0) is 41.0 Å². The van der Waals surface area contributed by atoms with E-state index in [2.05, 4.69) is 6.58 Å². The highest BCUT2D eigenvalue weighted by atomic mass is 16.8. The maximum Gasteiger partial charge on any atom is 0.163 e. The lowest BCUT2D eigenvalue weighted by atomic mass is 9.84. The first kappa shape index (κ1) is 15.0. The lowest BCUT2D eigenvalue weighted by Crippen LogP contribution is -2.40. The Bertz CT molecular complexity index is 358. The van der Waals surface area contributed by atoms with Crippen molar-refractivity contribution in [3.63, 3.8) is 0 Å². The number of aliphatic hydroxyl groups is 1. The van der Waals surface area contributed by atoms with Gasteiger partial charge < -0.3 is 19.3 Å². The largest absolute Gasteiger partial charge is 0.390 e. The van der Waals surface area contributed by atoms with E-state index in [-0.39, 0.29) is 23.2 Å². The van der Waals surface area contributed by atoms with Gasteiger partial charge in [0.15, 0.2) is 5.79 Å². The summed E-state index contributed by atoms with van der Waals surface area (Å²) in [5, 5.41) is 10.2. The second-order valence-electron chi connectivity index (χ2n) is 7.13. The summed E-state index contributed by atoms with van der Waals surface area (Å²) in [7, 11) is 0. The van der Waals surface area contributed by atoms with Crippen LogP contribution in [0.3, 0.4) is 0 Å². The van der Waals surface area contributed by atoms with Crippen molar-refractivity contribution in [2.24, 2.45) is 5.41 Å². The Balaban J connectivity index is 2.19. The van der Waals surface area contributed by atoms with E-state index in [9.17, 15) is 5.11 Å². The van der Waals surface area contributed by atoms with Gasteiger partial charge >= 0.3 is 0 Å². The van der Waals surface area contributed by atoms with Crippen LogP contribution in [0, 0.1) is 5.41 Å². The lowest BCUT2D eigenvalue weighted by Gasteiger charge is -2.34. The predicted octanol–water partition coefficient (Wildman–Crippen LogP) is 2.26. The molecule has 4 atom stereocenters. The van der Waals surface area contributed by atoms with Crippen molar-refractivity contribution in [2.45, 2.75) is 70.7 Å². The molecule has 4 heteroatoms. The first-order valence-corrected chi connectivity index (χ1v) is 6.90. The molecule has 2 rings (SSSR count). The topological polar surface area (TPSA) is 47.9 Å². The van der Waals surface area contributed by atoms with Crippen molar-refractivity contribution in [2.75, 3.05) is 6.61 Å². The standard InChI is InChI=1S/C15H26O4/c1-7-15(9-17-13(2,3)4)8-10(16)11-12(15)19-14(5,6)18-11/h7,10-12,16H,1,8-9H2,2-6H3/t10-,11-,12-,15-/m0/s1. The summed E-state index contributed by atoms with van der Waals surface area (Å²) in [5.74, 6) is -0.660. The maximum atomic E-state index is 10.2. The molecule has 0 aromatic carbocycles. The smallest absolute Gasteiger partial charge is 0.163 e. The van der Waals surface area contributed by atoms with Crippen LogP contribution in [0.25, 0.3) is 0 Å². The molecule has 110 valence electrons. The summed E-state index contributed by atoms with van der Waals surface area (Å²) in [4.78, 5) is 0. The molecule has 0 radical (unpaired) electrons. The molecule has 0 unspecified atom stereocenters. The highest BCUT2D eigenvalue weighted by Gasteiger charge is 2.60. The molecule has 2 aliphatic rings. The summed E-state index contributed by atoms with van der Waals surface area (Å²) in [5.41, 5.74) is -0.612. The molecule has 0 amide bonds. The number of aliphatic hydroxyl groups excluding tert-OH is 1. The average Bonchev–Trinajstić information content (AvgIpc) is 2.70. The van der Waals surface area contributed by atoms with E-state index < -0.39 is 11.9 Å². The summed E-state index contributed by atoms with van der Waals surface area (Å²) < 4.78 is 17.7. The monoisotopic (exact) mass is 270 g/mol. The molecule has 4 nitrogen and oxygen atoms in total. The molecule has 0 aromatic heterocycles. The summed E-state index contributed by atoms with van der Waals surface area (Å²) in [6.45, 7) is 14.2. The molecule has 1 aliphatic heterocycles. The Morgan fingerprint density at radius 3 is 2.53 bits per heavy atom. The molecule has 1 heterocycles. The van der Waals surface area contributed by atoms with Crippen molar-refractivity contribution >= 4 is 0 Å². The first-order chi connectivity index (χ1) is 8.59. The van der Waals surface area contributed by atoms with Gasteiger partial charge in [-0.3, -0.25) is 0 Å². The van der Waals surface area contributed by atoms with Crippen molar-refractivity contribution < 1.29 is 19.3 Å². The summed E-state index contributed by atoms with van der Waals surface area (Å²) in [6, 6.07) is 0. The fourth-order valence-electron chi connectivity index (χ4n) is 2.89. The molecule has 2 fully saturated rings. The number of rotatable bonds is 3. The van der Waals surface area contributed by atoms with Gasteiger partial charge in [0, 0.05) is 5.41 Å². The van der Waals surface area contributed by atoms with Gasteiger partial charge in [0.1, 0.15) is 12.2 Å². The summed E-state index contributed by atoms with van der Waals surface area (Å²) >= 11 is 0. The van der Waals surface area contributed by atoms with Crippen LogP contribution in [-0.4, -0.2) is 41.4 Å². The number of fused-ring (bicyclic) bond motifs is 1. The first-order valence-electron chi connectivity index (χ1n) is 6.90. The van der Waals surface area contributed by atoms with Crippen LogP contribution in [0.1, 0.15) is 41.0 Å². The van der Waals surface area contributed by atoms with Gasteiger partial charge in [0.25, 0.3) is 0 Å². The maximum absolute atomic E-state index is 10.2. The summed E-state index contributed by atoms with van der Waals surface area (Å²) in [6.07, 6.45) is 1.40. The Morgan fingerprint density at radius 1 is 1.37 bits per heavy atom. The zero-order valence-electron chi connectivity index (χ0n) is 12.6. The fourth-order valence-corrected chi connectivity index (χ4v) is 2.89. The molecule has 1 N–H and O–H groups in total. The van der Waals surface area contributed by atoms with Crippen LogP contribution in [0.5, 0.6) is 0 Å². The third-order valence-electron chi connectivity index (χ3n) is 3.84. The Morgan fingerprint density at radius 2 is 2.00 bits per heavy atom. The molecular formula is C15H26O4. The molecule has 1 saturated heterocycles. The van der Waals surface area contributed by atoms with Gasteiger partial charge in [-0.1, -0.05) is 6.08 Å². The zero-order chi connectivity index (χ0) is 14.5. The fraction of sp³-hybridized carbons (Fsp3) is 0.867. The van der Waals surface area contributed by atoms with Crippen molar-refractivity contribution in [3.05, 3.63) is 12.7 Å². The average molecular weight is 270 g/mol. The SMILES string of the molecule is C=C[C@@]1(COC(C)(C)C)C[C@H](O)[C@@H]2OC(C)(C)O[C@@H]21. The highest BCUT2D eigenvalue weighted by Crippen LogP contribution is 2.50. The Kier molecular flexibility index (Phi) is 3.59. The van der Waals surface area contributed by atoms with E-state index in [1.54, 1.807) is 0 Å². The Hall–Kier alpha value is -0.420. The van der Waals surface area contributed by atoms with E-state index >= 15 is 0 Å². The van der Waals surface area contributed by atoms with Crippen molar-refractivity contribution in [1.82, 2.24) is 0 Å². The van der Waals surface area contributed by atoms with Crippen molar-refractivity contribution in [1.29, 1.82) is 0 Å². The van der Waals surface area contributed by atoms with Crippen LogP contribution >= 0.6 is 0 Å². The molecule has 19 heavy (non-hydrogen) atoms. The minimum Gasteiger partial charge on any atom is -0.390 e. The number of hydrogen-bond acceptors (Lipinski definition) is 4. The quantitative estimate of drug-likeness (QED) is 0.799. The van der Waals surface area contributed by atoms with E-state index in [1.165, 1.54) is 0 Å².